The number of aromatic nitrogens is 2. The topological polar surface area (TPSA) is 55.2 Å². The minimum Gasteiger partial charge on any atom is -0.339 e. The molecule has 2 aromatic rings. The molecule has 5 nitrogen and oxygen atoms in total. The SMILES string of the molecule is CC[C@@H]1CCCCN1C(=O)CSc1nc2c(c(=O)n1Cc1ccccc1)S[C@@H](C)C2. The number of likely N-dealkylation sites (tertiary alicyclic amines) is 1. The second-order valence-electron chi connectivity index (χ2n) is 8.11. The van der Waals surface area contributed by atoms with E-state index in [0.29, 0.717) is 28.7 Å². The number of amides is 1. The van der Waals surface area contributed by atoms with Crippen LogP contribution in [0.15, 0.2) is 45.2 Å². The van der Waals surface area contributed by atoms with Crippen LogP contribution in [0.5, 0.6) is 0 Å². The van der Waals surface area contributed by atoms with E-state index in [1.165, 1.54) is 18.2 Å². The van der Waals surface area contributed by atoms with Crippen molar-refractivity contribution in [2.75, 3.05) is 12.3 Å². The molecule has 0 saturated carbocycles. The summed E-state index contributed by atoms with van der Waals surface area (Å²) < 4.78 is 1.75. The number of hydrogen-bond acceptors (Lipinski definition) is 5. The summed E-state index contributed by atoms with van der Waals surface area (Å²) in [6.07, 6.45) is 5.19. The molecule has 1 aromatic heterocycles. The zero-order chi connectivity index (χ0) is 21.1. The average Bonchev–Trinajstić information content (AvgIpc) is 3.15. The Hall–Kier alpha value is -1.73. The van der Waals surface area contributed by atoms with Crippen LogP contribution in [0.25, 0.3) is 0 Å². The third-order valence-corrected chi connectivity index (χ3v) is 8.07. The van der Waals surface area contributed by atoms with Crippen molar-refractivity contribution in [3.8, 4) is 0 Å². The Morgan fingerprint density at radius 3 is 2.83 bits per heavy atom. The summed E-state index contributed by atoms with van der Waals surface area (Å²) in [5.41, 5.74) is 1.98. The van der Waals surface area contributed by atoms with Crippen LogP contribution in [-0.4, -0.2) is 43.9 Å². The zero-order valence-electron chi connectivity index (χ0n) is 17.7. The maximum absolute atomic E-state index is 13.3. The number of rotatable bonds is 6. The van der Waals surface area contributed by atoms with Gasteiger partial charge in [-0.3, -0.25) is 14.2 Å². The molecule has 160 valence electrons. The molecular formula is C23H29N3O2S2. The van der Waals surface area contributed by atoms with Crippen LogP contribution in [-0.2, 0) is 17.8 Å². The van der Waals surface area contributed by atoms with Gasteiger partial charge in [0.15, 0.2) is 5.16 Å². The quantitative estimate of drug-likeness (QED) is 0.494. The highest BCUT2D eigenvalue weighted by atomic mass is 32.2. The van der Waals surface area contributed by atoms with Crippen molar-refractivity contribution in [1.29, 1.82) is 0 Å². The first kappa shape index (κ1) is 21.5. The third-order valence-electron chi connectivity index (χ3n) is 5.89. The van der Waals surface area contributed by atoms with E-state index in [-0.39, 0.29) is 11.5 Å². The normalized spacial score (nSPS) is 20.9. The van der Waals surface area contributed by atoms with E-state index >= 15 is 0 Å². The smallest absolute Gasteiger partial charge is 0.268 e. The van der Waals surface area contributed by atoms with Gasteiger partial charge >= 0.3 is 0 Å². The Morgan fingerprint density at radius 2 is 2.07 bits per heavy atom. The number of nitrogens with zero attached hydrogens (tertiary/aromatic N) is 3. The second kappa shape index (κ2) is 9.60. The van der Waals surface area contributed by atoms with Crippen LogP contribution in [0.1, 0.15) is 50.8 Å². The molecule has 1 fully saturated rings. The molecule has 2 aliphatic heterocycles. The molecule has 0 unspecified atom stereocenters. The van der Waals surface area contributed by atoms with E-state index in [2.05, 4.69) is 13.8 Å². The van der Waals surface area contributed by atoms with Gasteiger partial charge in [0.1, 0.15) is 0 Å². The highest BCUT2D eigenvalue weighted by Crippen LogP contribution is 2.34. The summed E-state index contributed by atoms with van der Waals surface area (Å²) in [5.74, 6) is 0.495. The van der Waals surface area contributed by atoms with Crippen LogP contribution in [0, 0.1) is 0 Å². The summed E-state index contributed by atoms with van der Waals surface area (Å²) in [6.45, 7) is 5.61. The molecule has 0 radical (unpaired) electrons. The second-order valence-corrected chi connectivity index (χ2v) is 10.5. The fraction of sp³-hybridized carbons (Fsp3) is 0.522. The van der Waals surface area contributed by atoms with Gasteiger partial charge in [0.25, 0.3) is 5.56 Å². The first-order valence-corrected chi connectivity index (χ1v) is 12.7. The summed E-state index contributed by atoms with van der Waals surface area (Å²) >= 11 is 3.03. The molecule has 0 spiro atoms. The summed E-state index contributed by atoms with van der Waals surface area (Å²) in [6, 6.07) is 10.3. The van der Waals surface area contributed by atoms with Crippen molar-refractivity contribution in [2.24, 2.45) is 0 Å². The molecule has 1 aromatic carbocycles. The van der Waals surface area contributed by atoms with Crippen molar-refractivity contribution in [1.82, 2.24) is 14.5 Å². The first-order chi connectivity index (χ1) is 14.6. The van der Waals surface area contributed by atoms with Gasteiger partial charge < -0.3 is 4.90 Å². The Labute approximate surface area is 186 Å². The number of carbonyl (C=O) groups excluding carboxylic acids is 1. The Kier molecular flexibility index (Phi) is 6.88. The maximum atomic E-state index is 13.3. The van der Waals surface area contributed by atoms with Gasteiger partial charge in [0.05, 0.1) is 22.9 Å². The summed E-state index contributed by atoms with van der Waals surface area (Å²) in [7, 11) is 0. The van der Waals surface area contributed by atoms with Gasteiger partial charge in [-0.2, -0.15) is 0 Å². The lowest BCUT2D eigenvalue weighted by Gasteiger charge is -2.35. The lowest BCUT2D eigenvalue weighted by atomic mass is 10.0. The van der Waals surface area contributed by atoms with Crippen molar-refractivity contribution in [3.63, 3.8) is 0 Å². The van der Waals surface area contributed by atoms with Gasteiger partial charge in [-0.15, -0.1) is 11.8 Å². The molecule has 2 atom stereocenters. The molecule has 2 aliphatic rings. The molecule has 0 aliphatic carbocycles. The largest absolute Gasteiger partial charge is 0.339 e. The number of piperidine rings is 1. The van der Waals surface area contributed by atoms with E-state index < -0.39 is 0 Å². The maximum Gasteiger partial charge on any atom is 0.268 e. The van der Waals surface area contributed by atoms with E-state index in [9.17, 15) is 9.59 Å². The molecule has 30 heavy (non-hydrogen) atoms. The minimum atomic E-state index is 0.0255. The Morgan fingerprint density at radius 1 is 1.27 bits per heavy atom. The van der Waals surface area contributed by atoms with Crippen molar-refractivity contribution in [3.05, 3.63) is 51.9 Å². The molecule has 0 bridgehead atoms. The number of thioether (sulfide) groups is 2. The minimum absolute atomic E-state index is 0.0255. The number of benzene rings is 1. The fourth-order valence-corrected chi connectivity index (χ4v) is 6.33. The van der Waals surface area contributed by atoms with E-state index in [0.717, 1.165) is 48.4 Å². The fourth-order valence-electron chi connectivity index (χ4n) is 4.31. The van der Waals surface area contributed by atoms with Gasteiger partial charge in [-0.25, -0.2) is 4.98 Å². The van der Waals surface area contributed by atoms with Crippen molar-refractivity contribution in [2.45, 2.75) is 73.8 Å². The lowest BCUT2D eigenvalue weighted by Crippen LogP contribution is -2.44. The lowest BCUT2D eigenvalue weighted by molar-refractivity contribution is -0.132. The Balaban J connectivity index is 1.58. The van der Waals surface area contributed by atoms with Gasteiger partial charge in [-0.1, -0.05) is 55.9 Å². The predicted molar refractivity (Wildman–Crippen MR) is 123 cm³/mol. The van der Waals surface area contributed by atoms with Gasteiger partial charge in [0, 0.05) is 24.3 Å². The van der Waals surface area contributed by atoms with Crippen LogP contribution >= 0.6 is 23.5 Å². The van der Waals surface area contributed by atoms with Crippen LogP contribution < -0.4 is 5.56 Å². The molecule has 7 heteroatoms. The molecule has 1 amide bonds. The molecule has 4 rings (SSSR count). The summed E-state index contributed by atoms with van der Waals surface area (Å²) in [4.78, 5) is 33.9. The zero-order valence-corrected chi connectivity index (χ0v) is 19.3. The highest BCUT2D eigenvalue weighted by Gasteiger charge is 2.28. The van der Waals surface area contributed by atoms with Crippen molar-refractivity contribution >= 4 is 29.4 Å². The predicted octanol–water partition coefficient (Wildman–Crippen LogP) is 4.21. The Bertz CT molecular complexity index is 961. The van der Waals surface area contributed by atoms with E-state index in [4.69, 9.17) is 4.98 Å². The average molecular weight is 444 g/mol. The number of hydrogen-bond donors (Lipinski definition) is 0. The molecule has 1 saturated heterocycles. The van der Waals surface area contributed by atoms with Crippen LogP contribution in [0.4, 0.5) is 0 Å². The van der Waals surface area contributed by atoms with E-state index in [1.807, 2.05) is 35.2 Å². The van der Waals surface area contributed by atoms with Crippen LogP contribution in [0.2, 0.25) is 0 Å². The highest BCUT2D eigenvalue weighted by molar-refractivity contribution is 8.00. The standard InChI is InChI=1S/C23H29N3O2S2/c1-3-18-11-7-8-12-25(18)20(27)15-29-23-24-19-13-16(2)30-21(19)22(28)26(23)14-17-9-5-4-6-10-17/h4-6,9-10,16,18H,3,7-8,11-15H2,1-2H3/t16-,18+/m0/s1. The molecule has 0 N–H and O–H groups in total. The molecule has 3 heterocycles. The van der Waals surface area contributed by atoms with Gasteiger partial charge in [0.2, 0.25) is 5.91 Å². The van der Waals surface area contributed by atoms with E-state index in [1.54, 1.807) is 16.3 Å². The third kappa shape index (κ3) is 4.62. The number of fused-ring (bicyclic) bond motifs is 1. The van der Waals surface area contributed by atoms with Crippen LogP contribution in [0.3, 0.4) is 0 Å². The number of carbonyl (C=O) groups is 1. The van der Waals surface area contributed by atoms with Crippen molar-refractivity contribution < 1.29 is 4.79 Å². The van der Waals surface area contributed by atoms with Gasteiger partial charge in [-0.05, 0) is 31.2 Å². The monoisotopic (exact) mass is 443 g/mol. The first-order valence-electron chi connectivity index (χ1n) is 10.8. The molecular weight excluding hydrogens is 414 g/mol. The summed E-state index contributed by atoms with van der Waals surface area (Å²) in [5, 5.41) is 1.03.